The lowest BCUT2D eigenvalue weighted by atomic mass is 9.99. The van der Waals surface area contributed by atoms with Crippen LogP contribution in [0.3, 0.4) is 0 Å². The molecular weight excluding hydrogens is 408 g/mol. The molecule has 0 heterocycles. The van der Waals surface area contributed by atoms with E-state index in [0.717, 1.165) is 25.0 Å². The van der Waals surface area contributed by atoms with Gasteiger partial charge in [0.2, 0.25) is 6.29 Å². The Balaban J connectivity index is 1.32. The third kappa shape index (κ3) is 4.85. The standard InChI is InChI=1S/C30H34O3/c1-3-21(2)22-16-18-24(19-17-22)33-29(32-23-10-4-5-11-23)20-31-30-27-14-8-6-12-25(27)26-13-7-9-15-28(26)30/h6-9,12-19,21,23,29-30H,3-5,10-11,20H2,1-2H3. The summed E-state index contributed by atoms with van der Waals surface area (Å²) < 4.78 is 19.3. The first-order valence-corrected chi connectivity index (χ1v) is 12.4. The van der Waals surface area contributed by atoms with E-state index < -0.39 is 6.29 Å². The molecule has 2 aliphatic rings. The topological polar surface area (TPSA) is 27.7 Å². The Morgan fingerprint density at radius 1 is 0.818 bits per heavy atom. The number of ether oxygens (including phenoxy) is 3. The van der Waals surface area contributed by atoms with Gasteiger partial charge in [-0.25, -0.2) is 0 Å². The fraction of sp³-hybridized carbons (Fsp3) is 0.400. The lowest BCUT2D eigenvalue weighted by Gasteiger charge is -2.25. The third-order valence-corrected chi connectivity index (χ3v) is 7.15. The smallest absolute Gasteiger partial charge is 0.223 e. The second-order valence-electron chi connectivity index (χ2n) is 9.36. The lowest BCUT2D eigenvalue weighted by molar-refractivity contribution is -0.156. The van der Waals surface area contributed by atoms with E-state index in [1.807, 2.05) is 0 Å². The molecule has 2 atom stereocenters. The van der Waals surface area contributed by atoms with E-state index in [2.05, 4.69) is 86.6 Å². The highest BCUT2D eigenvalue weighted by atomic mass is 16.7. The molecule has 3 nitrogen and oxygen atoms in total. The van der Waals surface area contributed by atoms with Crippen LogP contribution in [0.5, 0.6) is 5.75 Å². The van der Waals surface area contributed by atoms with Crippen molar-refractivity contribution in [2.45, 2.75) is 70.4 Å². The summed E-state index contributed by atoms with van der Waals surface area (Å²) in [5, 5.41) is 0. The lowest BCUT2D eigenvalue weighted by Crippen LogP contribution is -2.31. The molecule has 172 valence electrons. The summed E-state index contributed by atoms with van der Waals surface area (Å²) in [7, 11) is 0. The number of rotatable bonds is 9. The Morgan fingerprint density at radius 2 is 1.42 bits per heavy atom. The summed E-state index contributed by atoms with van der Waals surface area (Å²) in [6.07, 6.45) is 5.51. The summed E-state index contributed by atoms with van der Waals surface area (Å²) >= 11 is 0. The van der Waals surface area contributed by atoms with Crippen molar-refractivity contribution in [3.05, 3.63) is 89.5 Å². The molecule has 1 fully saturated rings. The van der Waals surface area contributed by atoms with Gasteiger partial charge in [0, 0.05) is 0 Å². The first-order chi connectivity index (χ1) is 16.2. The monoisotopic (exact) mass is 442 g/mol. The van der Waals surface area contributed by atoms with Crippen molar-refractivity contribution in [2.75, 3.05) is 6.61 Å². The highest BCUT2D eigenvalue weighted by Gasteiger charge is 2.30. The van der Waals surface area contributed by atoms with E-state index in [0.29, 0.717) is 12.5 Å². The zero-order chi connectivity index (χ0) is 22.6. The summed E-state index contributed by atoms with van der Waals surface area (Å²) in [6, 6.07) is 25.5. The van der Waals surface area contributed by atoms with Crippen LogP contribution in [0, 0.1) is 0 Å². The molecule has 0 bridgehead atoms. The SMILES string of the molecule is CCC(C)c1ccc(OC(COC2c3ccccc3-c3ccccc32)OC2CCCC2)cc1. The van der Waals surface area contributed by atoms with Gasteiger partial charge in [0.25, 0.3) is 0 Å². The molecule has 0 radical (unpaired) electrons. The molecule has 2 unspecified atom stereocenters. The largest absolute Gasteiger partial charge is 0.462 e. The summed E-state index contributed by atoms with van der Waals surface area (Å²) in [4.78, 5) is 0. The molecule has 0 spiro atoms. The molecule has 1 saturated carbocycles. The molecule has 0 N–H and O–H groups in total. The summed E-state index contributed by atoms with van der Waals surface area (Å²) in [5.41, 5.74) is 6.29. The van der Waals surface area contributed by atoms with Crippen LogP contribution in [0.1, 0.15) is 74.7 Å². The normalized spacial score (nSPS) is 17.5. The van der Waals surface area contributed by atoms with Gasteiger partial charge in [0.15, 0.2) is 0 Å². The van der Waals surface area contributed by atoms with E-state index in [1.54, 1.807) is 0 Å². The second-order valence-corrected chi connectivity index (χ2v) is 9.36. The van der Waals surface area contributed by atoms with Crippen molar-refractivity contribution in [3.63, 3.8) is 0 Å². The number of hydrogen-bond donors (Lipinski definition) is 0. The third-order valence-electron chi connectivity index (χ3n) is 7.15. The van der Waals surface area contributed by atoms with Gasteiger partial charge in [-0.1, -0.05) is 87.4 Å². The average Bonchev–Trinajstić information content (AvgIpc) is 3.48. The minimum absolute atomic E-state index is 0.0940. The fourth-order valence-corrected chi connectivity index (χ4v) is 5.07. The van der Waals surface area contributed by atoms with E-state index >= 15 is 0 Å². The molecular formula is C30H34O3. The first-order valence-electron chi connectivity index (χ1n) is 12.4. The minimum Gasteiger partial charge on any atom is -0.462 e. The van der Waals surface area contributed by atoms with Gasteiger partial charge in [-0.2, -0.15) is 0 Å². The fourth-order valence-electron chi connectivity index (χ4n) is 5.07. The van der Waals surface area contributed by atoms with Gasteiger partial charge in [-0.3, -0.25) is 0 Å². The predicted molar refractivity (Wildman–Crippen MR) is 133 cm³/mol. The highest BCUT2D eigenvalue weighted by Crippen LogP contribution is 2.45. The van der Waals surface area contributed by atoms with Crippen molar-refractivity contribution in [1.82, 2.24) is 0 Å². The molecule has 3 aromatic rings. The number of hydrogen-bond acceptors (Lipinski definition) is 3. The molecule has 0 saturated heterocycles. The van der Waals surface area contributed by atoms with Crippen LogP contribution in [-0.4, -0.2) is 19.0 Å². The van der Waals surface area contributed by atoms with Crippen LogP contribution in [0.2, 0.25) is 0 Å². The van der Waals surface area contributed by atoms with Crippen molar-refractivity contribution in [3.8, 4) is 16.9 Å². The van der Waals surface area contributed by atoms with Crippen LogP contribution in [0.25, 0.3) is 11.1 Å². The van der Waals surface area contributed by atoms with Crippen LogP contribution in [-0.2, 0) is 9.47 Å². The predicted octanol–water partition coefficient (Wildman–Crippen LogP) is 7.65. The second kappa shape index (κ2) is 10.1. The van der Waals surface area contributed by atoms with Crippen LogP contribution in [0.15, 0.2) is 72.8 Å². The van der Waals surface area contributed by atoms with Crippen LogP contribution in [0.4, 0.5) is 0 Å². The maximum absolute atomic E-state index is 6.53. The van der Waals surface area contributed by atoms with Gasteiger partial charge < -0.3 is 14.2 Å². The Kier molecular flexibility index (Phi) is 6.80. The van der Waals surface area contributed by atoms with Gasteiger partial charge in [0.1, 0.15) is 18.5 Å². The quantitative estimate of drug-likeness (QED) is 0.319. The van der Waals surface area contributed by atoms with Crippen molar-refractivity contribution in [1.29, 1.82) is 0 Å². The van der Waals surface area contributed by atoms with E-state index in [1.165, 1.54) is 40.7 Å². The zero-order valence-corrected chi connectivity index (χ0v) is 19.7. The van der Waals surface area contributed by atoms with Crippen LogP contribution < -0.4 is 4.74 Å². The Bertz CT molecular complexity index is 1010. The molecule has 0 aliphatic heterocycles. The van der Waals surface area contributed by atoms with Crippen molar-refractivity contribution in [2.24, 2.45) is 0 Å². The van der Waals surface area contributed by atoms with Gasteiger partial charge >= 0.3 is 0 Å². The Morgan fingerprint density at radius 3 is 2.03 bits per heavy atom. The van der Waals surface area contributed by atoms with Crippen LogP contribution >= 0.6 is 0 Å². The van der Waals surface area contributed by atoms with Crippen molar-refractivity contribution >= 4 is 0 Å². The molecule has 3 aromatic carbocycles. The number of benzene rings is 3. The maximum Gasteiger partial charge on any atom is 0.223 e. The molecule has 2 aliphatic carbocycles. The minimum atomic E-state index is -0.428. The van der Waals surface area contributed by atoms with E-state index in [4.69, 9.17) is 14.2 Å². The summed E-state index contributed by atoms with van der Waals surface area (Å²) in [6.45, 7) is 4.86. The average molecular weight is 443 g/mol. The maximum atomic E-state index is 6.53. The molecule has 5 rings (SSSR count). The Hall–Kier alpha value is -2.62. The molecule has 3 heteroatoms. The van der Waals surface area contributed by atoms with E-state index in [-0.39, 0.29) is 12.2 Å². The Labute approximate surface area is 197 Å². The number of fused-ring (bicyclic) bond motifs is 3. The molecule has 33 heavy (non-hydrogen) atoms. The van der Waals surface area contributed by atoms with Gasteiger partial charge in [0.05, 0.1) is 6.10 Å². The van der Waals surface area contributed by atoms with Gasteiger partial charge in [-0.15, -0.1) is 0 Å². The first kappa shape index (κ1) is 22.2. The van der Waals surface area contributed by atoms with Crippen molar-refractivity contribution < 1.29 is 14.2 Å². The van der Waals surface area contributed by atoms with Gasteiger partial charge in [-0.05, 0) is 65.1 Å². The molecule has 0 aromatic heterocycles. The van der Waals surface area contributed by atoms with E-state index in [9.17, 15) is 0 Å². The summed E-state index contributed by atoms with van der Waals surface area (Å²) in [5.74, 6) is 1.39. The zero-order valence-electron chi connectivity index (χ0n) is 19.7. The molecule has 0 amide bonds. The highest BCUT2D eigenvalue weighted by molar-refractivity contribution is 5.78.